The van der Waals surface area contributed by atoms with E-state index in [2.05, 4.69) is 5.32 Å². The highest BCUT2D eigenvalue weighted by atomic mass is 16.6. The Morgan fingerprint density at radius 3 is 2.58 bits per heavy atom. The van der Waals surface area contributed by atoms with Gasteiger partial charge in [0.15, 0.2) is 0 Å². The Hall–Kier alpha value is -4.36. The Morgan fingerprint density at radius 1 is 1.12 bits per heavy atom. The third kappa shape index (κ3) is 7.17. The van der Waals surface area contributed by atoms with Gasteiger partial charge >= 0.3 is 11.9 Å². The lowest BCUT2D eigenvalue weighted by atomic mass is 9.81. The number of hydrogen-bond acceptors (Lipinski definition) is 10. The van der Waals surface area contributed by atoms with Crippen LogP contribution in [-0.2, 0) is 35.1 Å². The molecule has 0 amide bonds. The number of carbonyl (C=O) groups is 2. The van der Waals surface area contributed by atoms with Crippen LogP contribution in [-0.4, -0.2) is 73.0 Å². The Labute approximate surface area is 249 Å². The number of esters is 2. The van der Waals surface area contributed by atoms with Gasteiger partial charge in [-0.2, -0.15) is 0 Å². The maximum absolute atomic E-state index is 13.5. The molecule has 12 nitrogen and oxygen atoms in total. The summed E-state index contributed by atoms with van der Waals surface area (Å²) in [6, 6.07) is 13.3. The third-order valence-electron chi connectivity index (χ3n) is 7.31. The van der Waals surface area contributed by atoms with Gasteiger partial charge in [0.2, 0.25) is 6.23 Å². The molecule has 2 aliphatic heterocycles. The van der Waals surface area contributed by atoms with Crippen LogP contribution in [0.5, 0.6) is 0 Å². The van der Waals surface area contributed by atoms with Crippen molar-refractivity contribution in [2.45, 2.75) is 32.5 Å². The first-order valence-electron chi connectivity index (χ1n) is 14.0. The smallest absolute Gasteiger partial charge is 0.337 e. The summed E-state index contributed by atoms with van der Waals surface area (Å²) in [5.74, 6) is -2.36. The van der Waals surface area contributed by atoms with E-state index in [0.717, 1.165) is 11.1 Å². The fourth-order valence-electron chi connectivity index (χ4n) is 5.20. The molecular weight excluding hydrogens is 558 g/mol. The molecular formula is C31H36N3O9+. The zero-order chi connectivity index (χ0) is 31.0. The number of ether oxygens (including phenoxy) is 4. The van der Waals surface area contributed by atoms with Crippen LogP contribution in [0.25, 0.3) is 6.08 Å². The number of dihydropyridines is 1. The summed E-state index contributed by atoms with van der Waals surface area (Å²) in [5.41, 5.74) is 2.32. The summed E-state index contributed by atoms with van der Waals surface area (Å²) < 4.78 is 21.3. The topological polar surface area (TPSA) is 146 Å². The van der Waals surface area contributed by atoms with Crippen LogP contribution in [0.2, 0.25) is 0 Å². The van der Waals surface area contributed by atoms with Crippen molar-refractivity contribution in [1.29, 1.82) is 0 Å². The molecule has 2 heterocycles. The van der Waals surface area contributed by atoms with Crippen LogP contribution < -0.4 is 5.32 Å². The Kier molecular flexibility index (Phi) is 10.4. The largest absolute Gasteiger partial charge is 0.463 e. The number of morpholine rings is 1. The molecule has 0 aliphatic carbocycles. The highest BCUT2D eigenvalue weighted by Gasteiger charge is 2.41. The standard InChI is InChI=1S/C31H35N3O9/c1-4-42-30(35)25-18-32-26(29(31(36)43-5-2)28(25)22-11-8-12-24(17-22)33(37)38)14-13-21-9-6-7-10-23(21)19-34(39)15-16-41-20-27(34)40-3/h6-14,17-18,27-28,39H,4-5,15-16,19-20H2,1-3H3/p+1. The van der Waals surface area contributed by atoms with Gasteiger partial charge in [-0.25, -0.2) is 14.8 Å². The number of allylic oxidation sites excluding steroid dienone is 1. The molecule has 4 rings (SSSR count). The van der Waals surface area contributed by atoms with Gasteiger partial charge in [0.25, 0.3) is 5.69 Å². The van der Waals surface area contributed by atoms with Gasteiger partial charge in [-0.3, -0.25) is 10.1 Å². The van der Waals surface area contributed by atoms with Gasteiger partial charge in [0.05, 0.1) is 41.8 Å². The lowest BCUT2D eigenvalue weighted by Crippen LogP contribution is -2.59. The molecule has 2 aromatic rings. The molecule has 3 atom stereocenters. The van der Waals surface area contributed by atoms with Gasteiger partial charge in [0, 0.05) is 36.7 Å². The van der Waals surface area contributed by atoms with E-state index < -0.39 is 29.0 Å². The van der Waals surface area contributed by atoms with E-state index in [0.29, 0.717) is 24.4 Å². The van der Waals surface area contributed by atoms with Crippen LogP contribution in [0, 0.1) is 10.1 Å². The molecule has 0 saturated carbocycles. The number of hydroxylamine groups is 3. The summed E-state index contributed by atoms with van der Waals surface area (Å²) in [7, 11) is 1.53. The molecule has 0 aromatic heterocycles. The SMILES string of the molecule is CCOC(=O)C1=CNC(C=Cc2ccccc2C[N+]2(O)CCOCC2OC)=C(C(=O)OCC)C1c1cccc([N+](=O)[O-])c1. The van der Waals surface area contributed by atoms with E-state index >= 15 is 0 Å². The van der Waals surface area contributed by atoms with Crippen LogP contribution in [0.3, 0.4) is 0 Å². The van der Waals surface area contributed by atoms with Crippen molar-refractivity contribution in [1.82, 2.24) is 5.32 Å². The second kappa shape index (κ2) is 14.2. The van der Waals surface area contributed by atoms with E-state index in [1.165, 1.54) is 31.5 Å². The van der Waals surface area contributed by atoms with Crippen LogP contribution in [0.4, 0.5) is 5.69 Å². The lowest BCUT2D eigenvalue weighted by Gasteiger charge is -2.39. The van der Waals surface area contributed by atoms with Crippen molar-refractivity contribution in [3.05, 3.63) is 104 Å². The maximum Gasteiger partial charge on any atom is 0.337 e. The average Bonchev–Trinajstić information content (AvgIpc) is 3.00. The average molecular weight is 595 g/mol. The summed E-state index contributed by atoms with van der Waals surface area (Å²) in [4.78, 5) is 37.5. The number of hydrogen-bond donors (Lipinski definition) is 2. The summed E-state index contributed by atoms with van der Waals surface area (Å²) in [6.45, 7) is 4.75. The predicted octanol–water partition coefficient (Wildman–Crippen LogP) is 3.97. The second-order valence-electron chi connectivity index (χ2n) is 9.96. The van der Waals surface area contributed by atoms with Crippen molar-refractivity contribution in [2.75, 3.05) is 40.1 Å². The molecule has 0 bridgehead atoms. The number of nitrogens with one attached hydrogen (secondary N) is 1. The molecule has 0 spiro atoms. The number of nitro benzene ring substituents is 1. The number of methoxy groups -OCH3 is 1. The maximum atomic E-state index is 13.5. The first kappa shape index (κ1) is 31.6. The van der Waals surface area contributed by atoms with Crippen molar-refractivity contribution in [3.63, 3.8) is 0 Å². The number of carbonyl (C=O) groups excluding carboxylic acids is 2. The molecule has 1 saturated heterocycles. The number of nitro groups is 1. The number of rotatable bonds is 11. The molecule has 3 unspecified atom stereocenters. The molecule has 2 N–H and O–H groups in total. The summed E-state index contributed by atoms with van der Waals surface area (Å²) in [5, 5.41) is 26.0. The zero-order valence-electron chi connectivity index (χ0n) is 24.4. The van der Waals surface area contributed by atoms with E-state index in [1.54, 1.807) is 32.1 Å². The molecule has 228 valence electrons. The minimum Gasteiger partial charge on any atom is -0.463 e. The fraction of sp³-hybridized carbons (Fsp3) is 0.355. The van der Waals surface area contributed by atoms with Crippen molar-refractivity contribution < 1.29 is 43.3 Å². The Morgan fingerprint density at radius 2 is 1.86 bits per heavy atom. The van der Waals surface area contributed by atoms with Gasteiger partial charge < -0.3 is 24.3 Å². The van der Waals surface area contributed by atoms with Crippen LogP contribution >= 0.6 is 0 Å². The lowest BCUT2D eigenvalue weighted by molar-refractivity contribution is -1.15. The number of non-ortho nitro benzene ring substituents is 1. The first-order valence-corrected chi connectivity index (χ1v) is 14.0. The van der Waals surface area contributed by atoms with E-state index in [4.69, 9.17) is 18.9 Å². The van der Waals surface area contributed by atoms with Crippen molar-refractivity contribution in [3.8, 4) is 0 Å². The highest BCUT2D eigenvalue weighted by Crippen LogP contribution is 2.39. The van der Waals surface area contributed by atoms with Gasteiger partial charge in [-0.15, -0.1) is 4.65 Å². The van der Waals surface area contributed by atoms with Gasteiger partial charge in [-0.1, -0.05) is 42.5 Å². The van der Waals surface area contributed by atoms with Crippen molar-refractivity contribution >= 4 is 23.7 Å². The van der Waals surface area contributed by atoms with E-state index in [1.807, 2.05) is 24.3 Å². The molecule has 0 radical (unpaired) electrons. The summed E-state index contributed by atoms with van der Waals surface area (Å²) >= 11 is 0. The number of quaternary nitrogens is 1. The summed E-state index contributed by atoms with van der Waals surface area (Å²) in [6.07, 6.45) is 4.37. The Balaban J connectivity index is 1.80. The zero-order valence-corrected chi connectivity index (χ0v) is 24.4. The number of benzene rings is 2. The minimum absolute atomic E-state index is 0.0726. The molecule has 2 aliphatic rings. The van der Waals surface area contributed by atoms with Crippen LogP contribution in [0.1, 0.15) is 36.5 Å². The van der Waals surface area contributed by atoms with Gasteiger partial charge in [0.1, 0.15) is 19.7 Å². The highest BCUT2D eigenvalue weighted by molar-refractivity contribution is 6.00. The van der Waals surface area contributed by atoms with Gasteiger partial charge in [-0.05, 0) is 31.1 Å². The molecule has 2 aromatic carbocycles. The molecule has 12 heteroatoms. The molecule has 43 heavy (non-hydrogen) atoms. The van der Waals surface area contributed by atoms with Crippen molar-refractivity contribution in [2.24, 2.45) is 0 Å². The molecule has 1 fully saturated rings. The first-order chi connectivity index (χ1) is 20.7. The van der Waals surface area contributed by atoms with Crippen LogP contribution in [0.15, 0.2) is 77.7 Å². The number of nitrogens with zero attached hydrogens (tertiary/aromatic N) is 2. The Bertz CT molecular complexity index is 1450. The quantitative estimate of drug-likeness (QED) is 0.170. The second-order valence-corrected chi connectivity index (χ2v) is 9.96. The van der Waals surface area contributed by atoms with E-state index in [9.17, 15) is 24.9 Å². The predicted molar refractivity (Wildman–Crippen MR) is 155 cm³/mol. The monoisotopic (exact) mass is 594 g/mol. The fourth-order valence-corrected chi connectivity index (χ4v) is 5.20. The normalized spacial score (nSPS) is 22.1. The third-order valence-corrected chi connectivity index (χ3v) is 7.31. The van der Waals surface area contributed by atoms with E-state index in [-0.39, 0.29) is 47.8 Å². The minimum atomic E-state index is -1.00.